The lowest BCUT2D eigenvalue weighted by molar-refractivity contribution is -0.139. The van der Waals surface area contributed by atoms with Gasteiger partial charge < -0.3 is 10.2 Å². The predicted molar refractivity (Wildman–Crippen MR) is 65.6 cm³/mol. The van der Waals surface area contributed by atoms with Gasteiger partial charge in [-0.2, -0.15) is 13.2 Å². The van der Waals surface area contributed by atoms with Crippen molar-refractivity contribution in [2.75, 3.05) is 19.6 Å². The summed E-state index contributed by atoms with van der Waals surface area (Å²) in [5.74, 6) is -0.0790. The minimum absolute atomic E-state index is 0.0605. The van der Waals surface area contributed by atoms with Crippen molar-refractivity contribution in [2.24, 2.45) is 0 Å². The van der Waals surface area contributed by atoms with Crippen molar-refractivity contribution < 1.29 is 18.0 Å². The van der Waals surface area contributed by atoms with E-state index >= 15 is 0 Å². The fourth-order valence-electron chi connectivity index (χ4n) is 2.70. The number of hydrogen-bond acceptors (Lipinski definition) is 2. The van der Waals surface area contributed by atoms with E-state index in [0.29, 0.717) is 0 Å². The molecule has 0 aliphatic carbocycles. The molecule has 0 spiro atoms. The molecule has 1 fully saturated rings. The van der Waals surface area contributed by atoms with Crippen LogP contribution in [0.2, 0.25) is 0 Å². The van der Waals surface area contributed by atoms with Crippen molar-refractivity contribution in [3.8, 4) is 0 Å². The van der Waals surface area contributed by atoms with Gasteiger partial charge in [-0.1, -0.05) is 6.08 Å². The Hall–Kier alpha value is -1.04. The van der Waals surface area contributed by atoms with Gasteiger partial charge in [0, 0.05) is 18.7 Å². The van der Waals surface area contributed by atoms with Gasteiger partial charge in [0.2, 0.25) is 5.91 Å². The van der Waals surface area contributed by atoms with E-state index in [2.05, 4.69) is 5.32 Å². The second-order valence-corrected chi connectivity index (χ2v) is 5.44. The molecule has 0 radical (unpaired) electrons. The number of carbonyl (C=O) groups is 1. The molecule has 6 heteroatoms. The van der Waals surface area contributed by atoms with Crippen molar-refractivity contribution in [1.82, 2.24) is 10.2 Å². The maximum atomic E-state index is 12.5. The van der Waals surface area contributed by atoms with E-state index in [-0.39, 0.29) is 25.4 Å². The highest BCUT2D eigenvalue weighted by atomic mass is 19.4. The largest absolute Gasteiger partial charge is 0.412 e. The van der Waals surface area contributed by atoms with Crippen LogP contribution >= 0.6 is 0 Å². The average Bonchev–Trinajstić information content (AvgIpc) is 2.38. The molecule has 108 valence electrons. The lowest BCUT2D eigenvalue weighted by atomic mass is 9.89. The Morgan fingerprint density at radius 1 is 1.42 bits per heavy atom. The molecular weight excluding hydrogens is 257 g/mol. The van der Waals surface area contributed by atoms with Gasteiger partial charge in [0.05, 0.1) is 5.54 Å². The number of halogens is 3. The minimum atomic E-state index is -4.26. The van der Waals surface area contributed by atoms with Crippen LogP contribution in [-0.2, 0) is 4.79 Å². The van der Waals surface area contributed by atoms with E-state index in [1.54, 1.807) is 0 Å². The van der Waals surface area contributed by atoms with Crippen LogP contribution < -0.4 is 5.32 Å². The Bertz CT molecular complexity index is 384. The Labute approximate surface area is 110 Å². The zero-order chi connectivity index (χ0) is 14.1. The number of amides is 1. The highest BCUT2D eigenvalue weighted by Crippen LogP contribution is 2.31. The molecule has 2 heterocycles. The van der Waals surface area contributed by atoms with Crippen LogP contribution in [0.3, 0.4) is 0 Å². The van der Waals surface area contributed by atoms with Crippen LogP contribution in [0.1, 0.15) is 32.6 Å². The standard InChI is InChI=1S/C13H19F3N2O/c1-12(6-2-3-7-17-12)11(19)18-8-4-10(5-9-18)13(14,15)16/h4,17H,2-3,5-9H2,1H3. The second-order valence-electron chi connectivity index (χ2n) is 5.44. The summed E-state index contributed by atoms with van der Waals surface area (Å²) in [5, 5.41) is 3.20. The fraction of sp³-hybridized carbons (Fsp3) is 0.769. The summed E-state index contributed by atoms with van der Waals surface area (Å²) in [6.45, 7) is 2.85. The van der Waals surface area contributed by atoms with Gasteiger partial charge in [0.1, 0.15) is 0 Å². The molecule has 1 amide bonds. The Balaban J connectivity index is 2.01. The molecule has 1 saturated heterocycles. The zero-order valence-corrected chi connectivity index (χ0v) is 11.0. The summed E-state index contributed by atoms with van der Waals surface area (Å²) in [7, 11) is 0. The number of nitrogens with zero attached hydrogens (tertiary/aromatic N) is 1. The summed E-state index contributed by atoms with van der Waals surface area (Å²) in [6, 6.07) is 0. The quantitative estimate of drug-likeness (QED) is 0.745. The smallest absolute Gasteiger partial charge is 0.337 e. The maximum absolute atomic E-state index is 12.5. The fourth-order valence-corrected chi connectivity index (χ4v) is 2.70. The van der Waals surface area contributed by atoms with Gasteiger partial charge in [-0.3, -0.25) is 4.79 Å². The zero-order valence-electron chi connectivity index (χ0n) is 11.0. The van der Waals surface area contributed by atoms with Crippen LogP contribution in [0.4, 0.5) is 13.2 Å². The number of rotatable bonds is 1. The normalized spacial score (nSPS) is 29.1. The number of carbonyl (C=O) groups excluding carboxylic acids is 1. The van der Waals surface area contributed by atoms with Gasteiger partial charge in [0.15, 0.2) is 0 Å². The molecule has 2 aliphatic heterocycles. The molecule has 0 bridgehead atoms. The third-order valence-corrected chi connectivity index (χ3v) is 3.95. The van der Waals surface area contributed by atoms with Crippen molar-refractivity contribution in [2.45, 2.75) is 44.3 Å². The SMILES string of the molecule is CC1(C(=O)N2CC=C(C(F)(F)F)CC2)CCCCN1. The van der Waals surface area contributed by atoms with Gasteiger partial charge in [-0.15, -0.1) is 0 Å². The molecule has 0 aromatic carbocycles. The van der Waals surface area contributed by atoms with Crippen molar-refractivity contribution in [1.29, 1.82) is 0 Å². The van der Waals surface area contributed by atoms with Gasteiger partial charge >= 0.3 is 6.18 Å². The Morgan fingerprint density at radius 3 is 2.63 bits per heavy atom. The summed E-state index contributed by atoms with van der Waals surface area (Å²) in [5.41, 5.74) is -1.12. The first-order chi connectivity index (χ1) is 8.83. The van der Waals surface area contributed by atoms with Crippen LogP contribution in [0, 0.1) is 0 Å². The molecule has 1 atom stereocenters. The number of nitrogens with one attached hydrogen (secondary N) is 1. The van der Waals surface area contributed by atoms with Gasteiger partial charge in [-0.25, -0.2) is 0 Å². The van der Waals surface area contributed by atoms with Crippen molar-refractivity contribution in [3.05, 3.63) is 11.6 Å². The number of hydrogen-bond donors (Lipinski definition) is 1. The lowest BCUT2D eigenvalue weighted by Gasteiger charge is -2.39. The topological polar surface area (TPSA) is 32.3 Å². The van der Waals surface area contributed by atoms with E-state index in [1.165, 1.54) is 4.90 Å². The summed E-state index contributed by atoms with van der Waals surface area (Å²) in [6.07, 6.45) is -0.465. The van der Waals surface area contributed by atoms with E-state index in [9.17, 15) is 18.0 Å². The summed E-state index contributed by atoms with van der Waals surface area (Å²) < 4.78 is 37.5. The minimum Gasteiger partial charge on any atom is -0.337 e. The van der Waals surface area contributed by atoms with E-state index < -0.39 is 17.3 Å². The summed E-state index contributed by atoms with van der Waals surface area (Å²) >= 11 is 0. The second kappa shape index (κ2) is 5.15. The van der Waals surface area contributed by atoms with E-state index in [4.69, 9.17) is 0 Å². The lowest BCUT2D eigenvalue weighted by Crippen LogP contribution is -2.58. The third kappa shape index (κ3) is 3.11. The molecule has 19 heavy (non-hydrogen) atoms. The molecule has 1 unspecified atom stereocenters. The predicted octanol–water partition coefficient (Wildman–Crippen LogP) is 2.24. The maximum Gasteiger partial charge on any atom is 0.412 e. The van der Waals surface area contributed by atoms with Crippen LogP contribution in [0.25, 0.3) is 0 Å². The average molecular weight is 276 g/mol. The molecular formula is C13H19F3N2O. The Morgan fingerprint density at radius 2 is 2.16 bits per heavy atom. The van der Waals surface area contributed by atoms with Crippen LogP contribution in [0.5, 0.6) is 0 Å². The third-order valence-electron chi connectivity index (χ3n) is 3.95. The highest BCUT2D eigenvalue weighted by Gasteiger charge is 2.40. The molecule has 2 aliphatic rings. The van der Waals surface area contributed by atoms with Gasteiger partial charge in [0.25, 0.3) is 0 Å². The molecule has 0 saturated carbocycles. The first-order valence-electron chi connectivity index (χ1n) is 6.63. The molecule has 1 N–H and O–H groups in total. The van der Waals surface area contributed by atoms with Crippen molar-refractivity contribution >= 4 is 5.91 Å². The van der Waals surface area contributed by atoms with Gasteiger partial charge in [-0.05, 0) is 39.2 Å². The van der Waals surface area contributed by atoms with Crippen LogP contribution in [-0.4, -0.2) is 42.2 Å². The first kappa shape index (κ1) is 14.4. The molecule has 0 aromatic heterocycles. The highest BCUT2D eigenvalue weighted by molar-refractivity contribution is 5.86. The number of alkyl halides is 3. The monoisotopic (exact) mass is 276 g/mol. The van der Waals surface area contributed by atoms with Crippen molar-refractivity contribution in [3.63, 3.8) is 0 Å². The first-order valence-corrected chi connectivity index (χ1v) is 6.63. The number of piperidine rings is 1. The molecule has 2 rings (SSSR count). The summed E-state index contributed by atoms with van der Waals surface area (Å²) in [4.78, 5) is 13.9. The molecule has 0 aromatic rings. The Kier molecular flexibility index (Phi) is 3.90. The van der Waals surface area contributed by atoms with Crippen LogP contribution in [0.15, 0.2) is 11.6 Å². The molecule has 3 nitrogen and oxygen atoms in total. The van der Waals surface area contributed by atoms with E-state index in [1.807, 2.05) is 6.92 Å². The van der Waals surface area contributed by atoms with E-state index in [0.717, 1.165) is 31.9 Å².